The summed E-state index contributed by atoms with van der Waals surface area (Å²) >= 11 is 0. The quantitative estimate of drug-likeness (QED) is 0.854. The Balaban J connectivity index is 1.55. The van der Waals surface area contributed by atoms with Crippen LogP contribution >= 0.6 is 0 Å². The number of furan rings is 1. The molecule has 1 aliphatic rings. The second-order valence-electron chi connectivity index (χ2n) is 4.67. The molecule has 2 N–H and O–H groups in total. The van der Waals surface area contributed by atoms with Crippen molar-refractivity contribution in [2.75, 3.05) is 6.54 Å². The molecule has 1 atom stereocenters. The Labute approximate surface area is 109 Å². The van der Waals surface area contributed by atoms with Crippen LogP contribution in [0.3, 0.4) is 0 Å². The standard InChI is InChI=1S/C13H14N2O4/c16-11(9-3-4-18-7-9)6-14-13(17)10-5-12(19-15-10)8-1-2-8/h3-5,7-8,11,16H,1-2,6H2,(H,14,17)/t11-/m0/s1. The molecule has 0 aliphatic heterocycles. The monoisotopic (exact) mass is 262 g/mol. The Morgan fingerprint density at radius 3 is 3.11 bits per heavy atom. The Hall–Kier alpha value is -2.08. The molecule has 1 amide bonds. The maximum Gasteiger partial charge on any atom is 0.273 e. The number of hydrogen-bond acceptors (Lipinski definition) is 5. The molecule has 0 aromatic carbocycles. The number of aliphatic hydroxyl groups is 1. The lowest BCUT2D eigenvalue weighted by Crippen LogP contribution is -2.28. The summed E-state index contributed by atoms with van der Waals surface area (Å²) in [5, 5.41) is 16.1. The minimum Gasteiger partial charge on any atom is -0.472 e. The van der Waals surface area contributed by atoms with Crippen LogP contribution < -0.4 is 5.32 Å². The molecular weight excluding hydrogens is 248 g/mol. The van der Waals surface area contributed by atoms with E-state index < -0.39 is 6.10 Å². The van der Waals surface area contributed by atoms with Crippen LogP contribution in [0.25, 0.3) is 0 Å². The molecule has 0 spiro atoms. The number of nitrogens with zero attached hydrogens (tertiary/aromatic N) is 1. The van der Waals surface area contributed by atoms with E-state index in [1.807, 2.05) is 0 Å². The van der Waals surface area contributed by atoms with E-state index in [9.17, 15) is 9.90 Å². The summed E-state index contributed by atoms with van der Waals surface area (Å²) in [5.41, 5.74) is 0.875. The van der Waals surface area contributed by atoms with Gasteiger partial charge < -0.3 is 19.4 Å². The summed E-state index contributed by atoms with van der Waals surface area (Å²) < 4.78 is 9.96. The van der Waals surface area contributed by atoms with Gasteiger partial charge in [0.25, 0.3) is 5.91 Å². The third-order valence-corrected chi connectivity index (χ3v) is 3.12. The van der Waals surface area contributed by atoms with Gasteiger partial charge in [0.15, 0.2) is 5.69 Å². The average Bonchev–Trinajstić information content (AvgIpc) is 2.96. The third kappa shape index (κ3) is 2.68. The predicted octanol–water partition coefficient (Wildman–Crippen LogP) is 1.61. The van der Waals surface area contributed by atoms with Gasteiger partial charge in [-0.3, -0.25) is 4.79 Å². The zero-order chi connectivity index (χ0) is 13.2. The molecule has 1 saturated carbocycles. The van der Waals surface area contributed by atoms with Crippen molar-refractivity contribution in [3.05, 3.63) is 41.7 Å². The summed E-state index contributed by atoms with van der Waals surface area (Å²) in [5.74, 6) is 0.837. The molecule has 1 fully saturated rings. The molecule has 100 valence electrons. The molecule has 2 aromatic rings. The molecule has 2 heterocycles. The Kier molecular flexibility index (Phi) is 3.08. The van der Waals surface area contributed by atoms with Crippen LogP contribution in [0.4, 0.5) is 0 Å². The largest absolute Gasteiger partial charge is 0.472 e. The number of carbonyl (C=O) groups is 1. The fourth-order valence-electron chi connectivity index (χ4n) is 1.82. The Morgan fingerprint density at radius 2 is 2.42 bits per heavy atom. The lowest BCUT2D eigenvalue weighted by molar-refractivity contribution is 0.0907. The van der Waals surface area contributed by atoms with Gasteiger partial charge in [-0.2, -0.15) is 0 Å². The first kappa shape index (κ1) is 12.0. The van der Waals surface area contributed by atoms with E-state index in [4.69, 9.17) is 8.94 Å². The molecule has 0 bridgehead atoms. The van der Waals surface area contributed by atoms with Gasteiger partial charge in [0.1, 0.15) is 5.76 Å². The number of carbonyl (C=O) groups excluding carboxylic acids is 1. The highest BCUT2D eigenvalue weighted by atomic mass is 16.5. The van der Waals surface area contributed by atoms with Crippen LogP contribution in [-0.2, 0) is 0 Å². The van der Waals surface area contributed by atoms with E-state index in [-0.39, 0.29) is 18.1 Å². The van der Waals surface area contributed by atoms with Crippen LogP contribution in [0.1, 0.15) is 46.7 Å². The van der Waals surface area contributed by atoms with Crippen molar-refractivity contribution < 1.29 is 18.8 Å². The zero-order valence-electron chi connectivity index (χ0n) is 10.2. The molecule has 0 radical (unpaired) electrons. The Morgan fingerprint density at radius 1 is 1.58 bits per heavy atom. The topological polar surface area (TPSA) is 88.5 Å². The second-order valence-corrected chi connectivity index (χ2v) is 4.67. The number of nitrogens with one attached hydrogen (secondary N) is 1. The second kappa shape index (κ2) is 4.89. The van der Waals surface area contributed by atoms with E-state index in [1.54, 1.807) is 12.1 Å². The number of hydrogen-bond donors (Lipinski definition) is 2. The van der Waals surface area contributed by atoms with E-state index in [1.165, 1.54) is 12.5 Å². The zero-order valence-corrected chi connectivity index (χ0v) is 10.2. The van der Waals surface area contributed by atoms with E-state index in [0.717, 1.165) is 18.6 Å². The van der Waals surface area contributed by atoms with Crippen LogP contribution in [0.15, 0.2) is 33.6 Å². The lowest BCUT2D eigenvalue weighted by Gasteiger charge is -2.08. The number of aromatic nitrogens is 1. The van der Waals surface area contributed by atoms with Crippen molar-refractivity contribution in [2.45, 2.75) is 24.9 Å². The maximum atomic E-state index is 11.8. The summed E-state index contributed by atoms with van der Waals surface area (Å²) in [4.78, 5) is 11.8. The van der Waals surface area contributed by atoms with Gasteiger partial charge in [-0.05, 0) is 18.9 Å². The first-order valence-electron chi connectivity index (χ1n) is 6.19. The molecule has 19 heavy (non-hydrogen) atoms. The molecule has 0 unspecified atom stereocenters. The predicted molar refractivity (Wildman–Crippen MR) is 64.5 cm³/mol. The van der Waals surface area contributed by atoms with E-state index in [0.29, 0.717) is 11.5 Å². The molecule has 6 heteroatoms. The van der Waals surface area contributed by atoms with Crippen molar-refractivity contribution in [2.24, 2.45) is 0 Å². The van der Waals surface area contributed by atoms with Gasteiger partial charge in [-0.15, -0.1) is 0 Å². The minimum atomic E-state index is -0.794. The number of amides is 1. The van der Waals surface area contributed by atoms with Crippen molar-refractivity contribution in [1.29, 1.82) is 0 Å². The molecule has 0 saturated heterocycles. The highest BCUT2D eigenvalue weighted by Crippen LogP contribution is 2.40. The van der Waals surface area contributed by atoms with Crippen molar-refractivity contribution in [3.8, 4) is 0 Å². The first-order chi connectivity index (χ1) is 9.24. The third-order valence-electron chi connectivity index (χ3n) is 3.12. The van der Waals surface area contributed by atoms with Gasteiger partial charge in [0, 0.05) is 24.1 Å². The summed E-state index contributed by atoms with van der Waals surface area (Å²) in [6, 6.07) is 3.31. The van der Waals surface area contributed by atoms with Gasteiger partial charge in [0.2, 0.25) is 0 Å². The van der Waals surface area contributed by atoms with Crippen molar-refractivity contribution in [3.63, 3.8) is 0 Å². The Bertz CT molecular complexity index is 557. The molecule has 2 aromatic heterocycles. The van der Waals surface area contributed by atoms with Gasteiger partial charge >= 0.3 is 0 Å². The number of aliphatic hydroxyl groups excluding tert-OH is 1. The fraction of sp³-hybridized carbons (Fsp3) is 0.385. The summed E-state index contributed by atoms with van der Waals surface area (Å²) in [6.07, 6.45) is 4.31. The van der Waals surface area contributed by atoms with Crippen LogP contribution in [0.5, 0.6) is 0 Å². The first-order valence-corrected chi connectivity index (χ1v) is 6.19. The van der Waals surface area contributed by atoms with Gasteiger partial charge in [0.05, 0.1) is 18.6 Å². The summed E-state index contributed by atoms with van der Waals surface area (Å²) in [6.45, 7) is 0.101. The fourth-order valence-corrected chi connectivity index (χ4v) is 1.82. The smallest absolute Gasteiger partial charge is 0.273 e. The molecule has 1 aliphatic carbocycles. The minimum absolute atomic E-state index is 0.101. The van der Waals surface area contributed by atoms with Gasteiger partial charge in [-0.1, -0.05) is 5.16 Å². The highest BCUT2D eigenvalue weighted by Gasteiger charge is 2.28. The van der Waals surface area contributed by atoms with E-state index in [2.05, 4.69) is 10.5 Å². The number of rotatable bonds is 5. The van der Waals surface area contributed by atoms with Crippen molar-refractivity contribution >= 4 is 5.91 Å². The van der Waals surface area contributed by atoms with Gasteiger partial charge in [-0.25, -0.2) is 0 Å². The summed E-state index contributed by atoms with van der Waals surface area (Å²) in [7, 11) is 0. The van der Waals surface area contributed by atoms with Crippen molar-refractivity contribution in [1.82, 2.24) is 10.5 Å². The lowest BCUT2D eigenvalue weighted by atomic mass is 10.2. The molecule has 3 rings (SSSR count). The van der Waals surface area contributed by atoms with Crippen LogP contribution in [0, 0.1) is 0 Å². The SMILES string of the molecule is O=C(NC[C@H](O)c1ccoc1)c1cc(C2CC2)on1. The highest BCUT2D eigenvalue weighted by molar-refractivity contribution is 5.92. The molecule has 6 nitrogen and oxygen atoms in total. The normalized spacial score (nSPS) is 16.3. The van der Waals surface area contributed by atoms with Crippen LogP contribution in [-0.4, -0.2) is 22.7 Å². The van der Waals surface area contributed by atoms with E-state index >= 15 is 0 Å². The maximum absolute atomic E-state index is 11.8. The molecular formula is C13H14N2O4. The average molecular weight is 262 g/mol. The van der Waals surface area contributed by atoms with Crippen LogP contribution in [0.2, 0.25) is 0 Å².